The van der Waals surface area contributed by atoms with E-state index in [1.165, 1.54) is 0 Å². The fourth-order valence-corrected chi connectivity index (χ4v) is 2.99. The van der Waals surface area contributed by atoms with Crippen LogP contribution in [-0.2, 0) is 4.79 Å². The smallest absolute Gasteiger partial charge is 0.320 e. The van der Waals surface area contributed by atoms with Crippen molar-refractivity contribution in [2.75, 3.05) is 26.2 Å². The van der Waals surface area contributed by atoms with Gasteiger partial charge < -0.3 is 20.0 Å². The van der Waals surface area contributed by atoms with E-state index in [4.69, 9.17) is 10.2 Å². The van der Waals surface area contributed by atoms with Crippen LogP contribution in [0.25, 0.3) is 0 Å². The summed E-state index contributed by atoms with van der Waals surface area (Å²) in [6.45, 7) is 1.96. The first kappa shape index (κ1) is 14.1. The van der Waals surface area contributed by atoms with Crippen LogP contribution in [0, 0.1) is 5.92 Å². The van der Waals surface area contributed by atoms with Gasteiger partial charge in [-0.15, -0.1) is 0 Å². The summed E-state index contributed by atoms with van der Waals surface area (Å²) in [7, 11) is 0. The number of carboxylic acids is 1. The number of carboxylic acid groups (broad SMARTS) is 1. The summed E-state index contributed by atoms with van der Waals surface area (Å²) in [5.74, 6) is -0.698. The fourth-order valence-electron chi connectivity index (χ4n) is 2.99. The first-order chi connectivity index (χ1) is 9.11. The van der Waals surface area contributed by atoms with Crippen molar-refractivity contribution >= 4 is 12.0 Å². The first-order valence-corrected chi connectivity index (χ1v) is 7.00. The summed E-state index contributed by atoms with van der Waals surface area (Å²) in [5.41, 5.74) is 0. The molecule has 108 valence electrons. The molecule has 2 heterocycles. The van der Waals surface area contributed by atoms with Crippen LogP contribution in [-0.4, -0.2) is 64.3 Å². The summed E-state index contributed by atoms with van der Waals surface area (Å²) in [4.78, 5) is 26.5. The standard InChI is InChI=1S/C13H22N2O4/c16-6-4-11-3-1-2-5-15(11)13(19)14-8-10(9-14)7-12(17)18/h10-11,16H,1-9H2,(H,17,18). The number of likely N-dealkylation sites (tertiary alicyclic amines) is 2. The van der Waals surface area contributed by atoms with Gasteiger partial charge in [0.1, 0.15) is 0 Å². The maximum Gasteiger partial charge on any atom is 0.320 e. The minimum absolute atomic E-state index is 0.0137. The van der Waals surface area contributed by atoms with Gasteiger partial charge >= 0.3 is 12.0 Å². The average molecular weight is 270 g/mol. The van der Waals surface area contributed by atoms with Gasteiger partial charge in [-0.25, -0.2) is 4.79 Å². The van der Waals surface area contributed by atoms with Crippen LogP contribution in [0.3, 0.4) is 0 Å². The van der Waals surface area contributed by atoms with Gasteiger partial charge in [0.05, 0.1) is 6.42 Å². The minimum Gasteiger partial charge on any atom is -0.481 e. The van der Waals surface area contributed by atoms with Crippen LogP contribution >= 0.6 is 0 Å². The lowest BCUT2D eigenvalue weighted by Crippen LogP contribution is -2.58. The zero-order valence-corrected chi connectivity index (χ0v) is 11.1. The number of piperidine rings is 1. The van der Waals surface area contributed by atoms with E-state index < -0.39 is 5.97 Å². The van der Waals surface area contributed by atoms with Crippen molar-refractivity contribution in [3.8, 4) is 0 Å². The Kier molecular flexibility index (Phi) is 4.63. The number of carbonyl (C=O) groups is 2. The highest BCUT2D eigenvalue weighted by molar-refractivity contribution is 5.76. The Bertz CT molecular complexity index is 340. The molecule has 2 rings (SSSR count). The molecule has 2 saturated heterocycles. The van der Waals surface area contributed by atoms with E-state index in [1.54, 1.807) is 4.90 Å². The summed E-state index contributed by atoms with van der Waals surface area (Å²) >= 11 is 0. The van der Waals surface area contributed by atoms with Gasteiger partial charge in [0.25, 0.3) is 0 Å². The third-order valence-electron chi connectivity index (χ3n) is 4.03. The molecule has 0 bridgehead atoms. The summed E-state index contributed by atoms with van der Waals surface area (Å²) in [6, 6.07) is 0.157. The lowest BCUT2D eigenvalue weighted by Gasteiger charge is -2.45. The van der Waals surface area contributed by atoms with Gasteiger partial charge in [-0.3, -0.25) is 4.79 Å². The topological polar surface area (TPSA) is 81.1 Å². The highest BCUT2D eigenvalue weighted by atomic mass is 16.4. The van der Waals surface area contributed by atoms with Crippen molar-refractivity contribution in [1.82, 2.24) is 9.80 Å². The Balaban J connectivity index is 1.84. The largest absolute Gasteiger partial charge is 0.481 e. The SMILES string of the molecule is O=C(O)CC1CN(C(=O)N2CCCCC2CCO)C1. The van der Waals surface area contributed by atoms with E-state index in [9.17, 15) is 9.59 Å². The van der Waals surface area contributed by atoms with Crippen molar-refractivity contribution in [2.24, 2.45) is 5.92 Å². The quantitative estimate of drug-likeness (QED) is 0.790. The first-order valence-electron chi connectivity index (χ1n) is 7.00. The number of nitrogens with zero attached hydrogens (tertiary/aromatic N) is 2. The molecule has 0 aliphatic carbocycles. The molecular weight excluding hydrogens is 248 g/mol. The normalized spacial score (nSPS) is 24.2. The van der Waals surface area contributed by atoms with E-state index in [2.05, 4.69) is 0 Å². The third-order valence-corrected chi connectivity index (χ3v) is 4.03. The van der Waals surface area contributed by atoms with Gasteiger partial charge in [0.2, 0.25) is 0 Å². The van der Waals surface area contributed by atoms with Gasteiger partial charge in [-0.05, 0) is 25.7 Å². The number of aliphatic carboxylic acids is 1. The lowest BCUT2D eigenvalue weighted by atomic mass is 9.95. The van der Waals surface area contributed by atoms with E-state index in [-0.39, 0.29) is 31.0 Å². The second-order valence-electron chi connectivity index (χ2n) is 5.51. The molecule has 0 aromatic rings. The molecule has 0 aromatic heterocycles. The zero-order valence-electron chi connectivity index (χ0n) is 11.1. The lowest BCUT2D eigenvalue weighted by molar-refractivity contribution is -0.139. The van der Waals surface area contributed by atoms with E-state index in [1.807, 2.05) is 4.90 Å². The van der Waals surface area contributed by atoms with Crippen LogP contribution in [0.1, 0.15) is 32.1 Å². The number of aliphatic hydroxyl groups excluding tert-OH is 1. The average Bonchev–Trinajstić information content (AvgIpc) is 2.33. The van der Waals surface area contributed by atoms with Crippen LogP contribution in [0.5, 0.6) is 0 Å². The molecule has 2 fully saturated rings. The maximum atomic E-state index is 12.3. The molecule has 19 heavy (non-hydrogen) atoms. The van der Waals surface area contributed by atoms with E-state index >= 15 is 0 Å². The van der Waals surface area contributed by atoms with Crippen molar-refractivity contribution in [3.05, 3.63) is 0 Å². The zero-order chi connectivity index (χ0) is 13.8. The van der Waals surface area contributed by atoms with Crippen LogP contribution in [0.2, 0.25) is 0 Å². The number of hydrogen-bond donors (Lipinski definition) is 2. The molecule has 1 atom stereocenters. The number of amides is 2. The monoisotopic (exact) mass is 270 g/mol. The second-order valence-corrected chi connectivity index (χ2v) is 5.51. The van der Waals surface area contributed by atoms with Crippen molar-refractivity contribution in [3.63, 3.8) is 0 Å². The third kappa shape index (κ3) is 3.37. The molecule has 6 heteroatoms. The van der Waals surface area contributed by atoms with Crippen LogP contribution < -0.4 is 0 Å². The molecule has 2 N–H and O–H groups in total. The van der Waals surface area contributed by atoms with Gasteiger partial charge in [0, 0.05) is 38.2 Å². The van der Waals surface area contributed by atoms with Gasteiger partial charge in [-0.1, -0.05) is 0 Å². The summed E-state index contributed by atoms with van der Waals surface area (Å²) in [6.07, 6.45) is 3.86. The molecule has 0 spiro atoms. The predicted octanol–water partition coefficient (Wildman–Crippen LogP) is 0.750. The Morgan fingerprint density at radius 1 is 1.21 bits per heavy atom. The Morgan fingerprint density at radius 3 is 2.58 bits per heavy atom. The number of hydrogen-bond acceptors (Lipinski definition) is 3. The number of urea groups is 1. The molecular formula is C13H22N2O4. The number of aliphatic hydroxyl groups is 1. The van der Waals surface area contributed by atoms with Crippen molar-refractivity contribution in [1.29, 1.82) is 0 Å². The predicted molar refractivity (Wildman–Crippen MR) is 68.8 cm³/mol. The molecule has 2 aliphatic heterocycles. The maximum absolute atomic E-state index is 12.3. The van der Waals surface area contributed by atoms with Crippen molar-refractivity contribution in [2.45, 2.75) is 38.1 Å². The molecule has 0 aromatic carbocycles. The van der Waals surface area contributed by atoms with Gasteiger partial charge in [-0.2, -0.15) is 0 Å². The van der Waals surface area contributed by atoms with Crippen molar-refractivity contribution < 1.29 is 19.8 Å². The van der Waals surface area contributed by atoms with Gasteiger partial charge in [0.15, 0.2) is 0 Å². The molecule has 6 nitrogen and oxygen atoms in total. The Hall–Kier alpha value is -1.30. The van der Waals surface area contributed by atoms with E-state index in [0.29, 0.717) is 19.5 Å². The Labute approximate surface area is 113 Å². The Morgan fingerprint density at radius 2 is 1.95 bits per heavy atom. The van der Waals surface area contributed by atoms with E-state index in [0.717, 1.165) is 25.8 Å². The molecule has 2 aliphatic rings. The molecule has 0 radical (unpaired) electrons. The summed E-state index contributed by atoms with van der Waals surface area (Å²) < 4.78 is 0. The minimum atomic E-state index is -0.798. The molecule has 2 amide bonds. The summed E-state index contributed by atoms with van der Waals surface area (Å²) in [5, 5.41) is 17.7. The second kappa shape index (κ2) is 6.23. The number of carbonyl (C=O) groups excluding carboxylic acids is 1. The number of rotatable bonds is 4. The van der Waals surface area contributed by atoms with Crippen LogP contribution in [0.15, 0.2) is 0 Å². The van der Waals surface area contributed by atoms with Crippen LogP contribution in [0.4, 0.5) is 4.79 Å². The highest BCUT2D eigenvalue weighted by Gasteiger charge is 2.37. The molecule has 1 unspecified atom stereocenters. The molecule has 0 saturated carbocycles. The highest BCUT2D eigenvalue weighted by Crippen LogP contribution is 2.25. The fraction of sp³-hybridized carbons (Fsp3) is 0.846.